The van der Waals surface area contributed by atoms with Crippen LogP contribution in [0.4, 0.5) is 4.39 Å². The van der Waals surface area contributed by atoms with Crippen molar-refractivity contribution in [3.05, 3.63) is 63.1 Å². The molecular formula is C18H20FN3O. The molecule has 2 aromatic rings. The van der Waals surface area contributed by atoms with Gasteiger partial charge in [0, 0.05) is 30.6 Å². The van der Waals surface area contributed by atoms with Crippen LogP contribution in [0.2, 0.25) is 0 Å². The summed E-state index contributed by atoms with van der Waals surface area (Å²) in [6.07, 6.45) is 3.84. The minimum atomic E-state index is -0.203. The molecule has 0 aliphatic carbocycles. The summed E-state index contributed by atoms with van der Waals surface area (Å²) in [4.78, 5) is 22.1. The highest BCUT2D eigenvalue weighted by molar-refractivity contribution is 5.25. The van der Waals surface area contributed by atoms with E-state index in [2.05, 4.69) is 14.9 Å². The maximum absolute atomic E-state index is 13.1. The fourth-order valence-corrected chi connectivity index (χ4v) is 4.02. The molecule has 5 heteroatoms. The van der Waals surface area contributed by atoms with E-state index < -0.39 is 0 Å². The predicted octanol–water partition coefficient (Wildman–Crippen LogP) is 2.35. The lowest BCUT2D eigenvalue weighted by atomic mass is 9.98. The molecule has 2 aliphatic rings. The van der Waals surface area contributed by atoms with Crippen LogP contribution in [-0.4, -0.2) is 27.0 Å². The number of benzene rings is 1. The number of nitrogens with one attached hydrogen (secondary N) is 1. The number of hydrogen-bond acceptors (Lipinski definition) is 3. The lowest BCUT2D eigenvalue weighted by Crippen LogP contribution is -2.36. The van der Waals surface area contributed by atoms with Crippen LogP contribution in [0.25, 0.3) is 0 Å². The van der Waals surface area contributed by atoms with Gasteiger partial charge in [-0.2, -0.15) is 0 Å². The number of hydrogen-bond donors (Lipinski definition) is 1. The Hall–Kier alpha value is -2.01. The molecule has 1 aromatic heterocycles. The Morgan fingerprint density at radius 2 is 1.91 bits per heavy atom. The Morgan fingerprint density at radius 1 is 1.22 bits per heavy atom. The summed E-state index contributed by atoms with van der Waals surface area (Å²) in [5.74, 6) is 0.489. The van der Waals surface area contributed by atoms with Gasteiger partial charge in [-0.05, 0) is 43.9 Å². The van der Waals surface area contributed by atoms with E-state index in [1.165, 1.54) is 12.1 Å². The average molecular weight is 313 g/mol. The molecule has 2 bridgehead atoms. The second kappa shape index (κ2) is 5.57. The highest BCUT2D eigenvalue weighted by Crippen LogP contribution is 2.33. The van der Waals surface area contributed by atoms with Gasteiger partial charge in [0.05, 0.1) is 5.69 Å². The Balaban J connectivity index is 1.64. The van der Waals surface area contributed by atoms with E-state index in [1.807, 2.05) is 19.1 Å². The van der Waals surface area contributed by atoms with Gasteiger partial charge in [-0.15, -0.1) is 0 Å². The summed E-state index contributed by atoms with van der Waals surface area (Å²) in [5, 5.41) is 0. The van der Waals surface area contributed by atoms with Crippen LogP contribution in [0.5, 0.6) is 0 Å². The normalized spacial score (nSPS) is 23.6. The average Bonchev–Trinajstić information content (AvgIpc) is 2.78. The van der Waals surface area contributed by atoms with Gasteiger partial charge in [-0.3, -0.25) is 9.69 Å². The van der Waals surface area contributed by atoms with Gasteiger partial charge in [0.1, 0.15) is 11.6 Å². The van der Waals surface area contributed by atoms with Crippen molar-refractivity contribution in [3.8, 4) is 0 Å². The van der Waals surface area contributed by atoms with Crippen molar-refractivity contribution in [2.45, 2.75) is 51.2 Å². The second-order valence-electron chi connectivity index (χ2n) is 6.67. The molecule has 0 spiro atoms. The van der Waals surface area contributed by atoms with Crippen LogP contribution in [0.1, 0.15) is 35.5 Å². The van der Waals surface area contributed by atoms with Crippen LogP contribution in [-0.2, 0) is 19.4 Å². The minimum Gasteiger partial charge on any atom is -0.311 e. The number of halogens is 1. The standard InChI is InChI=1S/C18H20FN3O/c1-11-20-17-9-15-7-6-14(8-16(17)18(23)21-11)22(15)10-12-2-4-13(19)5-3-12/h2-5,14-15H,6-10H2,1H3,(H,20,21,23)/t14-,15-/m0/s1. The number of aryl methyl sites for hydroxylation is 1. The fraction of sp³-hybridized carbons (Fsp3) is 0.444. The minimum absolute atomic E-state index is 0.0155. The Bertz CT molecular complexity index is 784. The smallest absolute Gasteiger partial charge is 0.254 e. The van der Waals surface area contributed by atoms with Crippen molar-refractivity contribution < 1.29 is 4.39 Å². The van der Waals surface area contributed by atoms with Gasteiger partial charge >= 0.3 is 0 Å². The van der Waals surface area contributed by atoms with Crippen molar-refractivity contribution in [2.75, 3.05) is 0 Å². The predicted molar refractivity (Wildman–Crippen MR) is 85.8 cm³/mol. The molecule has 0 unspecified atom stereocenters. The lowest BCUT2D eigenvalue weighted by Gasteiger charge is -2.27. The van der Waals surface area contributed by atoms with E-state index in [0.717, 1.165) is 49.0 Å². The number of aromatic nitrogens is 2. The van der Waals surface area contributed by atoms with Crippen molar-refractivity contribution in [3.63, 3.8) is 0 Å². The summed E-state index contributed by atoms with van der Waals surface area (Å²) in [6, 6.07) is 7.51. The number of fused-ring (bicyclic) bond motifs is 3. The maximum atomic E-state index is 13.1. The molecule has 1 fully saturated rings. The highest BCUT2D eigenvalue weighted by atomic mass is 19.1. The van der Waals surface area contributed by atoms with Crippen molar-refractivity contribution in [2.24, 2.45) is 0 Å². The van der Waals surface area contributed by atoms with Crippen molar-refractivity contribution >= 4 is 0 Å². The van der Waals surface area contributed by atoms with E-state index in [4.69, 9.17) is 0 Å². The second-order valence-corrected chi connectivity index (χ2v) is 6.67. The monoisotopic (exact) mass is 313 g/mol. The summed E-state index contributed by atoms with van der Waals surface area (Å²) >= 11 is 0. The third-order valence-electron chi connectivity index (χ3n) is 5.14. The van der Waals surface area contributed by atoms with Crippen LogP contribution in [0, 0.1) is 12.7 Å². The molecule has 1 N–H and O–H groups in total. The van der Waals surface area contributed by atoms with Crippen LogP contribution in [0.3, 0.4) is 0 Å². The molecule has 2 atom stereocenters. The summed E-state index contributed by atoms with van der Waals surface area (Å²) < 4.78 is 13.1. The van der Waals surface area contributed by atoms with Crippen molar-refractivity contribution in [1.29, 1.82) is 0 Å². The van der Waals surface area contributed by atoms with E-state index in [-0.39, 0.29) is 11.4 Å². The fourth-order valence-electron chi connectivity index (χ4n) is 4.02. The number of rotatable bonds is 2. The largest absolute Gasteiger partial charge is 0.311 e. The summed E-state index contributed by atoms with van der Waals surface area (Å²) in [7, 11) is 0. The molecule has 120 valence electrons. The molecule has 4 nitrogen and oxygen atoms in total. The zero-order valence-electron chi connectivity index (χ0n) is 13.2. The zero-order chi connectivity index (χ0) is 16.0. The molecule has 0 saturated carbocycles. The molecule has 4 rings (SSSR count). The number of aromatic amines is 1. The zero-order valence-corrected chi connectivity index (χ0v) is 13.2. The first-order valence-electron chi connectivity index (χ1n) is 8.19. The van der Waals surface area contributed by atoms with Gasteiger partial charge in [0.15, 0.2) is 0 Å². The maximum Gasteiger partial charge on any atom is 0.254 e. The van der Waals surface area contributed by atoms with Gasteiger partial charge < -0.3 is 4.98 Å². The highest BCUT2D eigenvalue weighted by Gasteiger charge is 2.38. The SMILES string of the molecule is Cc1nc2c(c(=O)[nH]1)C[C@@H]1CC[C@@H](C2)N1Cc1ccc(F)cc1. The summed E-state index contributed by atoms with van der Waals surface area (Å²) in [5.41, 5.74) is 2.95. The molecule has 1 aromatic carbocycles. The molecule has 23 heavy (non-hydrogen) atoms. The summed E-state index contributed by atoms with van der Waals surface area (Å²) in [6.45, 7) is 2.64. The third kappa shape index (κ3) is 2.70. The number of H-pyrrole nitrogens is 1. The Morgan fingerprint density at radius 3 is 2.65 bits per heavy atom. The van der Waals surface area contributed by atoms with E-state index in [9.17, 15) is 9.18 Å². The van der Waals surface area contributed by atoms with Gasteiger partial charge in [0.25, 0.3) is 5.56 Å². The first-order valence-corrected chi connectivity index (χ1v) is 8.19. The topological polar surface area (TPSA) is 49.0 Å². The van der Waals surface area contributed by atoms with Gasteiger partial charge in [-0.25, -0.2) is 9.37 Å². The molecule has 0 radical (unpaired) electrons. The molecular weight excluding hydrogens is 293 g/mol. The van der Waals surface area contributed by atoms with E-state index in [0.29, 0.717) is 17.9 Å². The quantitative estimate of drug-likeness (QED) is 0.926. The van der Waals surface area contributed by atoms with Crippen molar-refractivity contribution in [1.82, 2.24) is 14.9 Å². The van der Waals surface area contributed by atoms with Gasteiger partial charge in [0.2, 0.25) is 0 Å². The Kier molecular flexibility index (Phi) is 3.53. The Labute approximate surface area is 134 Å². The first kappa shape index (κ1) is 14.6. The van der Waals surface area contributed by atoms with Crippen LogP contribution in [0.15, 0.2) is 29.1 Å². The molecule has 1 saturated heterocycles. The number of nitrogens with zero attached hydrogens (tertiary/aromatic N) is 2. The third-order valence-corrected chi connectivity index (χ3v) is 5.14. The molecule has 2 aliphatic heterocycles. The van der Waals surface area contributed by atoms with E-state index in [1.54, 1.807) is 0 Å². The molecule has 3 heterocycles. The van der Waals surface area contributed by atoms with Crippen LogP contribution < -0.4 is 5.56 Å². The first-order chi connectivity index (χ1) is 11.1. The van der Waals surface area contributed by atoms with Gasteiger partial charge in [-0.1, -0.05) is 12.1 Å². The van der Waals surface area contributed by atoms with E-state index >= 15 is 0 Å². The van der Waals surface area contributed by atoms with Crippen LogP contribution >= 0.6 is 0 Å². The lowest BCUT2D eigenvalue weighted by molar-refractivity contribution is 0.187. The molecule has 0 amide bonds.